The van der Waals surface area contributed by atoms with Gasteiger partial charge in [-0.05, 0) is 26.7 Å². The van der Waals surface area contributed by atoms with Crippen molar-refractivity contribution >= 4 is 0 Å². The van der Waals surface area contributed by atoms with Crippen LogP contribution < -0.4 is 0 Å². The van der Waals surface area contributed by atoms with E-state index in [-0.39, 0.29) is 11.7 Å². The molecule has 1 unspecified atom stereocenters. The molecule has 54 valence electrons. The monoisotopic (exact) mass is 130 g/mol. The van der Waals surface area contributed by atoms with E-state index in [4.69, 9.17) is 4.74 Å². The largest absolute Gasteiger partial charge is 0.390 e. The summed E-state index contributed by atoms with van der Waals surface area (Å²) in [4.78, 5) is 0. The maximum absolute atomic E-state index is 9.19. The van der Waals surface area contributed by atoms with Gasteiger partial charge in [-0.1, -0.05) is 0 Å². The molecule has 0 radical (unpaired) electrons. The van der Waals surface area contributed by atoms with Gasteiger partial charge in [0.25, 0.3) is 0 Å². The summed E-state index contributed by atoms with van der Waals surface area (Å²) >= 11 is 0. The van der Waals surface area contributed by atoms with E-state index >= 15 is 0 Å². The first kappa shape index (κ1) is 7.03. The molecule has 1 aliphatic rings. The van der Waals surface area contributed by atoms with Crippen molar-refractivity contribution in [2.75, 3.05) is 6.61 Å². The standard InChI is InChI=1S/C7H14O2/c1-6(8)7(2)4-3-5-9-7/h6,8H,3-5H2,1-2H3/t6-,7?/m1/s1. The molecule has 0 spiro atoms. The Hall–Kier alpha value is -0.0800. The summed E-state index contributed by atoms with van der Waals surface area (Å²) < 4.78 is 5.35. The van der Waals surface area contributed by atoms with Gasteiger partial charge in [-0.2, -0.15) is 0 Å². The van der Waals surface area contributed by atoms with E-state index in [1.165, 1.54) is 0 Å². The van der Waals surface area contributed by atoms with Gasteiger partial charge >= 0.3 is 0 Å². The average Bonchev–Trinajstić information content (AvgIpc) is 2.16. The SMILES string of the molecule is C[C@@H](O)C1(C)CCCO1. The fraction of sp³-hybridized carbons (Fsp3) is 1.00. The van der Waals surface area contributed by atoms with Crippen LogP contribution in [0, 0.1) is 0 Å². The minimum atomic E-state index is -0.333. The predicted molar refractivity (Wildman–Crippen MR) is 35.3 cm³/mol. The summed E-state index contributed by atoms with van der Waals surface area (Å²) in [5.41, 5.74) is -0.250. The maximum Gasteiger partial charge on any atom is 0.0910 e. The highest BCUT2D eigenvalue weighted by Gasteiger charge is 2.34. The van der Waals surface area contributed by atoms with E-state index < -0.39 is 0 Å². The van der Waals surface area contributed by atoms with Crippen molar-refractivity contribution in [2.45, 2.75) is 38.4 Å². The minimum absolute atomic E-state index is 0.250. The van der Waals surface area contributed by atoms with Gasteiger partial charge in [-0.3, -0.25) is 0 Å². The lowest BCUT2D eigenvalue weighted by Crippen LogP contribution is -2.36. The van der Waals surface area contributed by atoms with Gasteiger partial charge in [0, 0.05) is 6.61 Å². The summed E-state index contributed by atoms with van der Waals surface area (Å²) in [6.07, 6.45) is 1.74. The van der Waals surface area contributed by atoms with Crippen LogP contribution in [0.5, 0.6) is 0 Å². The lowest BCUT2D eigenvalue weighted by molar-refractivity contribution is -0.0691. The highest BCUT2D eigenvalue weighted by Crippen LogP contribution is 2.27. The third-order valence-corrected chi connectivity index (χ3v) is 2.13. The molecule has 0 saturated carbocycles. The molecule has 9 heavy (non-hydrogen) atoms. The predicted octanol–water partition coefficient (Wildman–Crippen LogP) is 0.936. The molecular weight excluding hydrogens is 116 g/mol. The second-order valence-corrected chi connectivity index (χ2v) is 2.94. The molecular formula is C7H14O2. The third kappa shape index (κ3) is 1.25. The van der Waals surface area contributed by atoms with Crippen molar-refractivity contribution < 1.29 is 9.84 Å². The van der Waals surface area contributed by atoms with Crippen molar-refractivity contribution in [1.29, 1.82) is 0 Å². The van der Waals surface area contributed by atoms with Gasteiger partial charge in [0.15, 0.2) is 0 Å². The molecule has 0 aromatic heterocycles. The highest BCUT2D eigenvalue weighted by atomic mass is 16.5. The van der Waals surface area contributed by atoms with Crippen molar-refractivity contribution in [1.82, 2.24) is 0 Å². The number of rotatable bonds is 1. The van der Waals surface area contributed by atoms with Gasteiger partial charge in [0.2, 0.25) is 0 Å². The molecule has 0 aromatic carbocycles. The first-order valence-electron chi connectivity index (χ1n) is 3.47. The van der Waals surface area contributed by atoms with Crippen LogP contribution in [0.1, 0.15) is 26.7 Å². The lowest BCUT2D eigenvalue weighted by atomic mass is 9.97. The van der Waals surface area contributed by atoms with Crippen LogP contribution in [-0.4, -0.2) is 23.4 Å². The lowest BCUT2D eigenvalue weighted by Gasteiger charge is -2.25. The summed E-state index contributed by atoms with van der Waals surface area (Å²) in [5, 5.41) is 9.19. The Morgan fingerprint density at radius 3 is 2.56 bits per heavy atom. The molecule has 1 aliphatic heterocycles. The van der Waals surface area contributed by atoms with E-state index in [2.05, 4.69) is 0 Å². The van der Waals surface area contributed by atoms with Crippen molar-refractivity contribution in [3.8, 4) is 0 Å². The van der Waals surface area contributed by atoms with Gasteiger partial charge in [0.1, 0.15) is 0 Å². The van der Waals surface area contributed by atoms with Crippen molar-refractivity contribution in [2.24, 2.45) is 0 Å². The topological polar surface area (TPSA) is 29.5 Å². The number of ether oxygens (including phenoxy) is 1. The number of hydrogen-bond acceptors (Lipinski definition) is 2. The number of hydrogen-bond donors (Lipinski definition) is 1. The van der Waals surface area contributed by atoms with Crippen LogP contribution in [0.25, 0.3) is 0 Å². The summed E-state index contributed by atoms with van der Waals surface area (Å²) in [6.45, 7) is 4.55. The molecule has 1 rings (SSSR count). The Labute approximate surface area is 55.8 Å². The van der Waals surface area contributed by atoms with E-state index in [1.807, 2.05) is 6.92 Å². The molecule has 0 aromatic rings. The molecule has 0 bridgehead atoms. The number of aliphatic hydroxyl groups is 1. The zero-order chi connectivity index (χ0) is 6.91. The highest BCUT2D eigenvalue weighted by molar-refractivity contribution is 4.84. The molecule has 1 saturated heterocycles. The quantitative estimate of drug-likeness (QED) is 0.572. The smallest absolute Gasteiger partial charge is 0.0910 e. The van der Waals surface area contributed by atoms with Crippen LogP contribution in [0.15, 0.2) is 0 Å². The van der Waals surface area contributed by atoms with Crippen LogP contribution in [0.3, 0.4) is 0 Å². The van der Waals surface area contributed by atoms with Crippen molar-refractivity contribution in [3.63, 3.8) is 0 Å². The Bertz CT molecular complexity index is 93.1. The Kier molecular flexibility index (Phi) is 1.78. The van der Waals surface area contributed by atoms with E-state index in [1.54, 1.807) is 6.92 Å². The van der Waals surface area contributed by atoms with Gasteiger partial charge in [-0.15, -0.1) is 0 Å². The number of aliphatic hydroxyl groups excluding tert-OH is 1. The summed E-state index contributed by atoms with van der Waals surface area (Å²) in [6, 6.07) is 0. The van der Waals surface area contributed by atoms with Crippen molar-refractivity contribution in [3.05, 3.63) is 0 Å². The molecule has 1 N–H and O–H groups in total. The zero-order valence-electron chi connectivity index (χ0n) is 6.05. The van der Waals surface area contributed by atoms with Gasteiger partial charge < -0.3 is 9.84 Å². The van der Waals surface area contributed by atoms with E-state index in [0.717, 1.165) is 19.4 Å². The fourth-order valence-electron chi connectivity index (χ4n) is 1.13. The van der Waals surface area contributed by atoms with Crippen LogP contribution >= 0.6 is 0 Å². The first-order valence-corrected chi connectivity index (χ1v) is 3.47. The molecule has 0 aliphatic carbocycles. The van der Waals surface area contributed by atoms with Gasteiger partial charge in [0.05, 0.1) is 11.7 Å². The molecule has 1 heterocycles. The minimum Gasteiger partial charge on any atom is -0.390 e. The maximum atomic E-state index is 9.19. The Morgan fingerprint density at radius 2 is 2.33 bits per heavy atom. The second-order valence-electron chi connectivity index (χ2n) is 2.94. The molecule has 2 nitrogen and oxygen atoms in total. The van der Waals surface area contributed by atoms with Gasteiger partial charge in [-0.25, -0.2) is 0 Å². The summed E-state index contributed by atoms with van der Waals surface area (Å²) in [7, 11) is 0. The fourth-order valence-corrected chi connectivity index (χ4v) is 1.13. The average molecular weight is 130 g/mol. The van der Waals surface area contributed by atoms with E-state index in [9.17, 15) is 5.11 Å². The Morgan fingerprint density at radius 1 is 1.67 bits per heavy atom. The van der Waals surface area contributed by atoms with E-state index in [0.29, 0.717) is 0 Å². The second kappa shape index (κ2) is 2.27. The van der Waals surface area contributed by atoms with Crippen LogP contribution in [0.2, 0.25) is 0 Å². The summed E-state index contributed by atoms with van der Waals surface area (Å²) in [5.74, 6) is 0. The third-order valence-electron chi connectivity index (χ3n) is 2.13. The first-order chi connectivity index (χ1) is 4.15. The molecule has 2 atom stereocenters. The normalized spacial score (nSPS) is 39.0. The molecule has 2 heteroatoms. The Balaban J connectivity index is 2.51. The molecule has 0 amide bonds. The van der Waals surface area contributed by atoms with Crippen LogP contribution in [-0.2, 0) is 4.74 Å². The zero-order valence-corrected chi connectivity index (χ0v) is 6.05. The molecule has 1 fully saturated rings. The van der Waals surface area contributed by atoms with Crippen LogP contribution in [0.4, 0.5) is 0 Å².